The summed E-state index contributed by atoms with van der Waals surface area (Å²) < 4.78 is 10.4. The van der Waals surface area contributed by atoms with Gasteiger partial charge in [0.25, 0.3) is 5.91 Å². The number of allylic oxidation sites excluding steroid dienone is 1. The van der Waals surface area contributed by atoms with Crippen LogP contribution in [0.15, 0.2) is 42.5 Å². The van der Waals surface area contributed by atoms with Crippen molar-refractivity contribution in [1.82, 2.24) is 19.0 Å². The van der Waals surface area contributed by atoms with Gasteiger partial charge in [0, 0.05) is 48.7 Å². The lowest BCUT2D eigenvalue weighted by Gasteiger charge is -2.23. The lowest BCUT2D eigenvalue weighted by molar-refractivity contribution is 0.0739. The molecule has 3 atom stereocenters. The van der Waals surface area contributed by atoms with Gasteiger partial charge in [0.2, 0.25) is 0 Å². The van der Waals surface area contributed by atoms with E-state index in [2.05, 4.69) is 73.2 Å². The molecule has 0 radical (unpaired) electrons. The van der Waals surface area contributed by atoms with Gasteiger partial charge in [-0.05, 0) is 73.8 Å². The van der Waals surface area contributed by atoms with Gasteiger partial charge in [0.1, 0.15) is 11.3 Å². The molecular formula is C35H45N5O2. The quantitative estimate of drug-likeness (QED) is 0.239. The van der Waals surface area contributed by atoms with Gasteiger partial charge in [-0.1, -0.05) is 51.5 Å². The Hall–Kier alpha value is -3.58. The number of carbonyl (C=O) groups is 1. The minimum atomic E-state index is -0.0119. The maximum Gasteiger partial charge on any atom is 0.254 e. The van der Waals surface area contributed by atoms with Gasteiger partial charge in [-0.15, -0.1) is 0 Å². The number of amides is 1. The summed E-state index contributed by atoms with van der Waals surface area (Å²) in [6.45, 7) is 10.3. The molecule has 2 aliphatic rings. The highest BCUT2D eigenvalue weighted by atomic mass is 16.5. The van der Waals surface area contributed by atoms with E-state index in [0.29, 0.717) is 35.6 Å². The number of aromatic nitrogens is 3. The Morgan fingerprint density at radius 3 is 2.64 bits per heavy atom. The zero-order chi connectivity index (χ0) is 29.7. The van der Waals surface area contributed by atoms with Crippen molar-refractivity contribution in [3.8, 4) is 17.3 Å². The van der Waals surface area contributed by atoms with Gasteiger partial charge in [0.15, 0.2) is 5.82 Å². The number of hydrogen-bond acceptors (Lipinski definition) is 4. The Kier molecular flexibility index (Phi) is 7.64. The number of rotatable bonds is 9. The molecule has 0 bridgehead atoms. The summed E-state index contributed by atoms with van der Waals surface area (Å²) in [7, 11) is 3.71. The van der Waals surface area contributed by atoms with E-state index < -0.39 is 0 Å². The molecule has 0 spiro atoms. The third-order valence-electron chi connectivity index (χ3n) is 9.42. The van der Waals surface area contributed by atoms with E-state index >= 15 is 0 Å². The second-order valence-electron chi connectivity index (χ2n) is 12.9. The summed E-state index contributed by atoms with van der Waals surface area (Å²) in [5.41, 5.74) is 12.3. The molecule has 2 aromatic carbocycles. The number of hydrogen-bond donors (Lipinski definition) is 1. The largest absolute Gasteiger partial charge is 0.494 e. The Balaban J connectivity index is 1.43. The summed E-state index contributed by atoms with van der Waals surface area (Å²) in [6, 6.07) is 12.8. The normalized spacial score (nSPS) is 21.0. The highest BCUT2D eigenvalue weighted by Crippen LogP contribution is 2.38. The van der Waals surface area contributed by atoms with Crippen LogP contribution < -0.4 is 10.5 Å². The summed E-state index contributed by atoms with van der Waals surface area (Å²) in [5, 5.41) is 1.21. The van der Waals surface area contributed by atoms with Gasteiger partial charge < -0.3 is 24.5 Å². The fraction of sp³-hybridized carbons (Fsp3) is 0.486. The first-order valence-electron chi connectivity index (χ1n) is 15.6. The van der Waals surface area contributed by atoms with Crippen LogP contribution >= 0.6 is 0 Å². The molecule has 1 aliphatic carbocycles. The van der Waals surface area contributed by atoms with Crippen molar-refractivity contribution in [2.45, 2.75) is 72.0 Å². The summed E-state index contributed by atoms with van der Waals surface area (Å²) >= 11 is 0. The number of benzene rings is 2. The first-order valence-corrected chi connectivity index (χ1v) is 15.6. The smallest absolute Gasteiger partial charge is 0.254 e. The Bertz CT molecular complexity index is 1660. The van der Waals surface area contributed by atoms with Crippen LogP contribution in [-0.4, -0.2) is 50.7 Å². The maximum absolute atomic E-state index is 13.8. The number of nitrogens with two attached hydrogens (primary N) is 1. The Morgan fingerprint density at radius 2 is 1.98 bits per heavy atom. The molecule has 2 aromatic heterocycles. The van der Waals surface area contributed by atoms with Crippen LogP contribution in [0.4, 0.5) is 0 Å². The Labute approximate surface area is 249 Å². The molecule has 1 aliphatic heterocycles. The third kappa shape index (κ3) is 5.13. The number of nitrogens with zero attached hydrogens (tertiary/aromatic N) is 4. The number of aryl methyl sites for hydroxylation is 1. The van der Waals surface area contributed by atoms with Crippen molar-refractivity contribution < 1.29 is 9.53 Å². The average molecular weight is 568 g/mol. The highest BCUT2D eigenvalue weighted by Gasteiger charge is 2.39. The van der Waals surface area contributed by atoms with Crippen LogP contribution in [-0.2, 0) is 13.6 Å². The number of likely N-dealkylation sites (tertiary alicyclic amines) is 1. The summed E-state index contributed by atoms with van der Waals surface area (Å²) in [5.74, 6) is 3.18. The van der Waals surface area contributed by atoms with Gasteiger partial charge in [-0.2, -0.15) is 0 Å². The molecule has 222 valence electrons. The molecule has 1 saturated heterocycles. The molecule has 0 unspecified atom stereocenters. The SMILES string of the molecule is CC[C@@H]1CN(C(=O)c2cc(OC)c3c(c2)nc(-c2cc4ccc(/C=C/CC(C)C)cc4n2CC2CC2)n3C)[C@H](C)[C@H]1N. The van der Waals surface area contributed by atoms with Gasteiger partial charge in [-0.3, -0.25) is 4.79 Å². The van der Waals surface area contributed by atoms with Crippen molar-refractivity contribution >= 4 is 33.9 Å². The molecule has 7 heteroatoms. The van der Waals surface area contributed by atoms with Crippen molar-refractivity contribution in [2.24, 2.45) is 30.5 Å². The van der Waals surface area contributed by atoms with E-state index in [1.54, 1.807) is 7.11 Å². The van der Waals surface area contributed by atoms with E-state index in [1.807, 2.05) is 24.1 Å². The van der Waals surface area contributed by atoms with E-state index in [9.17, 15) is 4.79 Å². The second-order valence-corrected chi connectivity index (χ2v) is 12.9. The van der Waals surface area contributed by atoms with Crippen LogP contribution in [0, 0.1) is 17.8 Å². The zero-order valence-electron chi connectivity index (χ0n) is 25.9. The van der Waals surface area contributed by atoms with E-state index in [1.165, 1.54) is 29.3 Å². The van der Waals surface area contributed by atoms with Crippen LogP contribution in [0.3, 0.4) is 0 Å². The minimum absolute atomic E-state index is 0.00771. The first kappa shape index (κ1) is 28.5. The molecule has 1 amide bonds. The van der Waals surface area contributed by atoms with Crippen molar-refractivity contribution in [1.29, 1.82) is 0 Å². The first-order chi connectivity index (χ1) is 20.2. The lowest BCUT2D eigenvalue weighted by atomic mass is 9.98. The average Bonchev–Trinajstić information content (AvgIpc) is 3.56. The predicted octanol–water partition coefficient (Wildman–Crippen LogP) is 6.87. The molecular weight excluding hydrogens is 522 g/mol. The number of ether oxygens (including phenoxy) is 1. The maximum atomic E-state index is 13.8. The number of methoxy groups -OCH3 is 1. The van der Waals surface area contributed by atoms with Crippen molar-refractivity contribution in [3.05, 3.63) is 53.6 Å². The van der Waals surface area contributed by atoms with Crippen LogP contribution in [0.1, 0.15) is 69.3 Å². The highest BCUT2D eigenvalue weighted by molar-refractivity contribution is 6.00. The summed E-state index contributed by atoms with van der Waals surface area (Å²) in [4.78, 5) is 20.8. The molecule has 1 saturated carbocycles. The predicted molar refractivity (Wildman–Crippen MR) is 172 cm³/mol. The molecule has 7 nitrogen and oxygen atoms in total. The standard InChI is InChI=1S/C35H45N5O2/c1-7-25-20-39(22(4)32(25)36)35(41)27-16-28-33(31(18-27)42-6)38(5)34(37-28)30-17-26-14-13-23(10-8-9-21(2)3)15-29(26)40(30)19-24-11-12-24/h8,10,13-18,21-22,24-25,32H,7,9,11-12,19-20,36H2,1-6H3/b10-8+/t22-,25-,32-/m1/s1. The summed E-state index contributed by atoms with van der Waals surface area (Å²) in [6.07, 6.45) is 9.09. The second kappa shape index (κ2) is 11.3. The van der Waals surface area contributed by atoms with Crippen LogP contribution in [0.25, 0.3) is 39.5 Å². The van der Waals surface area contributed by atoms with E-state index in [4.69, 9.17) is 15.5 Å². The van der Waals surface area contributed by atoms with Gasteiger partial charge >= 0.3 is 0 Å². The monoisotopic (exact) mass is 567 g/mol. The van der Waals surface area contributed by atoms with E-state index in [0.717, 1.165) is 41.9 Å². The molecule has 2 fully saturated rings. The Morgan fingerprint density at radius 1 is 1.19 bits per heavy atom. The fourth-order valence-corrected chi connectivity index (χ4v) is 6.59. The number of imidazole rings is 1. The van der Waals surface area contributed by atoms with Crippen LogP contribution in [0.5, 0.6) is 5.75 Å². The topological polar surface area (TPSA) is 78.3 Å². The number of carbonyl (C=O) groups excluding carboxylic acids is 1. The van der Waals surface area contributed by atoms with Gasteiger partial charge in [0.05, 0.1) is 18.3 Å². The van der Waals surface area contributed by atoms with E-state index in [-0.39, 0.29) is 18.0 Å². The molecule has 4 aromatic rings. The lowest BCUT2D eigenvalue weighted by Crippen LogP contribution is -2.41. The van der Waals surface area contributed by atoms with Crippen molar-refractivity contribution in [2.75, 3.05) is 13.7 Å². The fourth-order valence-electron chi connectivity index (χ4n) is 6.59. The minimum Gasteiger partial charge on any atom is -0.494 e. The molecule has 6 rings (SSSR count). The van der Waals surface area contributed by atoms with Crippen LogP contribution in [0.2, 0.25) is 0 Å². The third-order valence-corrected chi connectivity index (χ3v) is 9.42. The van der Waals surface area contributed by atoms with Crippen molar-refractivity contribution in [3.63, 3.8) is 0 Å². The zero-order valence-corrected chi connectivity index (χ0v) is 25.9. The molecule has 3 heterocycles. The number of fused-ring (bicyclic) bond motifs is 2. The van der Waals surface area contributed by atoms with Gasteiger partial charge in [-0.25, -0.2) is 4.98 Å². The molecule has 42 heavy (non-hydrogen) atoms. The molecule has 2 N–H and O–H groups in total.